The van der Waals surface area contributed by atoms with Crippen molar-refractivity contribution in [3.05, 3.63) is 36.4 Å². The van der Waals surface area contributed by atoms with E-state index in [4.69, 9.17) is 5.73 Å². The normalized spacial score (nSPS) is 10.9. The molecule has 0 saturated heterocycles. The SMILES string of the molecule is CSc1nc(N)nc2cc(-c3ccccc3)nn12. The van der Waals surface area contributed by atoms with Crippen LogP contribution in [-0.4, -0.2) is 25.8 Å². The third kappa shape index (κ3) is 1.80. The molecular formula is C12H11N5S. The Hall–Kier alpha value is -2.08. The van der Waals surface area contributed by atoms with E-state index in [1.54, 1.807) is 4.52 Å². The van der Waals surface area contributed by atoms with Gasteiger partial charge in [-0.25, -0.2) is 0 Å². The number of nitrogen functional groups attached to an aromatic ring is 1. The summed E-state index contributed by atoms with van der Waals surface area (Å²) in [6.45, 7) is 0. The smallest absolute Gasteiger partial charge is 0.224 e. The highest BCUT2D eigenvalue weighted by molar-refractivity contribution is 7.98. The number of rotatable bonds is 2. The summed E-state index contributed by atoms with van der Waals surface area (Å²) < 4.78 is 1.71. The van der Waals surface area contributed by atoms with Gasteiger partial charge in [-0.15, -0.1) is 0 Å². The standard InChI is InChI=1S/C12H11N5S/c1-18-12-15-11(13)14-10-7-9(16-17(10)12)8-5-3-2-4-6-8/h2-7H,1H3,(H2,13,14). The zero-order chi connectivity index (χ0) is 12.5. The minimum absolute atomic E-state index is 0.270. The van der Waals surface area contributed by atoms with E-state index in [9.17, 15) is 0 Å². The minimum atomic E-state index is 0.270. The molecule has 6 heteroatoms. The molecule has 2 heterocycles. The second kappa shape index (κ2) is 4.30. The topological polar surface area (TPSA) is 69.1 Å². The van der Waals surface area contributed by atoms with Crippen LogP contribution in [0.4, 0.5) is 5.95 Å². The predicted octanol–water partition coefficient (Wildman–Crippen LogP) is 2.10. The van der Waals surface area contributed by atoms with Crippen LogP contribution in [0.25, 0.3) is 16.9 Å². The summed E-state index contributed by atoms with van der Waals surface area (Å²) in [6, 6.07) is 11.9. The van der Waals surface area contributed by atoms with Crippen LogP contribution in [-0.2, 0) is 0 Å². The van der Waals surface area contributed by atoms with Gasteiger partial charge in [0.25, 0.3) is 0 Å². The molecule has 2 N–H and O–H groups in total. The van der Waals surface area contributed by atoms with Crippen LogP contribution < -0.4 is 5.73 Å². The van der Waals surface area contributed by atoms with Crippen LogP contribution in [0.15, 0.2) is 41.6 Å². The highest BCUT2D eigenvalue weighted by Crippen LogP contribution is 2.21. The molecule has 0 aliphatic rings. The number of aromatic nitrogens is 4. The van der Waals surface area contributed by atoms with Gasteiger partial charge in [0.15, 0.2) is 10.8 Å². The van der Waals surface area contributed by atoms with Crippen LogP contribution in [0.5, 0.6) is 0 Å². The van der Waals surface area contributed by atoms with Crippen LogP contribution in [0.3, 0.4) is 0 Å². The lowest BCUT2D eigenvalue weighted by Gasteiger charge is -2.00. The fourth-order valence-electron chi connectivity index (χ4n) is 1.76. The number of hydrogen-bond acceptors (Lipinski definition) is 5. The number of nitrogens with two attached hydrogens (primary N) is 1. The van der Waals surface area contributed by atoms with Crippen molar-refractivity contribution in [3.63, 3.8) is 0 Å². The second-order valence-electron chi connectivity index (χ2n) is 3.73. The van der Waals surface area contributed by atoms with Crippen LogP contribution in [0, 0.1) is 0 Å². The molecule has 0 bridgehead atoms. The number of benzene rings is 1. The predicted molar refractivity (Wildman–Crippen MR) is 72.4 cm³/mol. The minimum Gasteiger partial charge on any atom is -0.368 e. The van der Waals surface area contributed by atoms with Crippen molar-refractivity contribution in [2.24, 2.45) is 0 Å². The maximum atomic E-state index is 5.67. The van der Waals surface area contributed by atoms with Crippen molar-refractivity contribution in [2.75, 3.05) is 12.0 Å². The Balaban J connectivity index is 2.23. The molecule has 0 aliphatic carbocycles. The first kappa shape index (κ1) is 11.0. The van der Waals surface area contributed by atoms with Crippen molar-refractivity contribution >= 4 is 23.4 Å². The summed E-state index contributed by atoms with van der Waals surface area (Å²) in [7, 11) is 0. The molecule has 90 valence electrons. The van der Waals surface area contributed by atoms with E-state index in [-0.39, 0.29) is 5.95 Å². The molecule has 0 fully saturated rings. The zero-order valence-corrected chi connectivity index (χ0v) is 10.6. The lowest BCUT2D eigenvalue weighted by molar-refractivity contribution is 0.781. The van der Waals surface area contributed by atoms with Gasteiger partial charge in [0.2, 0.25) is 5.95 Å². The first-order valence-corrected chi connectivity index (χ1v) is 6.63. The molecule has 0 aliphatic heterocycles. The van der Waals surface area contributed by atoms with Gasteiger partial charge in [-0.2, -0.15) is 19.6 Å². The van der Waals surface area contributed by atoms with Gasteiger partial charge in [-0.3, -0.25) is 0 Å². The lowest BCUT2D eigenvalue weighted by atomic mass is 10.2. The number of fused-ring (bicyclic) bond motifs is 1. The van der Waals surface area contributed by atoms with E-state index in [0.29, 0.717) is 5.65 Å². The Kier molecular flexibility index (Phi) is 2.64. The van der Waals surface area contributed by atoms with Gasteiger partial charge in [0, 0.05) is 11.6 Å². The monoisotopic (exact) mass is 257 g/mol. The molecule has 0 saturated carbocycles. The van der Waals surface area contributed by atoms with E-state index >= 15 is 0 Å². The van der Waals surface area contributed by atoms with Crippen LogP contribution in [0.1, 0.15) is 0 Å². The highest BCUT2D eigenvalue weighted by atomic mass is 32.2. The van der Waals surface area contributed by atoms with Gasteiger partial charge in [-0.1, -0.05) is 42.1 Å². The van der Waals surface area contributed by atoms with E-state index in [1.165, 1.54) is 11.8 Å². The Morgan fingerprint density at radius 2 is 1.94 bits per heavy atom. The summed E-state index contributed by atoms with van der Waals surface area (Å²) in [4.78, 5) is 8.34. The largest absolute Gasteiger partial charge is 0.368 e. The Morgan fingerprint density at radius 1 is 1.17 bits per heavy atom. The first-order valence-electron chi connectivity index (χ1n) is 5.40. The number of thioether (sulfide) groups is 1. The number of nitrogens with zero attached hydrogens (tertiary/aromatic N) is 4. The van der Waals surface area contributed by atoms with E-state index in [2.05, 4.69) is 15.1 Å². The Bertz CT molecular complexity index is 692. The first-order chi connectivity index (χ1) is 8.78. The van der Waals surface area contributed by atoms with Gasteiger partial charge in [0.1, 0.15) is 0 Å². The fraction of sp³-hybridized carbons (Fsp3) is 0.0833. The third-order valence-corrected chi connectivity index (χ3v) is 3.19. The quantitative estimate of drug-likeness (QED) is 0.712. The molecule has 2 aromatic heterocycles. The molecular weight excluding hydrogens is 246 g/mol. The molecule has 0 unspecified atom stereocenters. The maximum absolute atomic E-state index is 5.67. The maximum Gasteiger partial charge on any atom is 0.224 e. The van der Waals surface area contributed by atoms with Crippen molar-refractivity contribution in [3.8, 4) is 11.3 Å². The average molecular weight is 257 g/mol. The Morgan fingerprint density at radius 3 is 2.67 bits per heavy atom. The fourth-order valence-corrected chi connectivity index (χ4v) is 2.25. The van der Waals surface area contributed by atoms with Crippen molar-refractivity contribution < 1.29 is 0 Å². The number of hydrogen-bond donors (Lipinski definition) is 1. The second-order valence-corrected chi connectivity index (χ2v) is 4.51. The molecule has 0 atom stereocenters. The average Bonchev–Trinajstić information content (AvgIpc) is 2.82. The molecule has 5 nitrogen and oxygen atoms in total. The highest BCUT2D eigenvalue weighted by Gasteiger charge is 2.10. The van der Waals surface area contributed by atoms with Crippen LogP contribution in [0.2, 0.25) is 0 Å². The summed E-state index contributed by atoms with van der Waals surface area (Å²) in [5.74, 6) is 0.270. The third-order valence-electron chi connectivity index (χ3n) is 2.56. The van der Waals surface area contributed by atoms with E-state index in [1.807, 2.05) is 42.7 Å². The summed E-state index contributed by atoms with van der Waals surface area (Å²) in [6.07, 6.45) is 1.94. The van der Waals surface area contributed by atoms with Gasteiger partial charge < -0.3 is 5.73 Å². The summed E-state index contributed by atoms with van der Waals surface area (Å²) in [5, 5.41) is 5.25. The van der Waals surface area contributed by atoms with Gasteiger partial charge in [-0.05, 0) is 6.26 Å². The van der Waals surface area contributed by atoms with E-state index in [0.717, 1.165) is 16.4 Å². The molecule has 0 amide bonds. The lowest BCUT2D eigenvalue weighted by Crippen LogP contribution is -2.03. The zero-order valence-electron chi connectivity index (χ0n) is 9.74. The van der Waals surface area contributed by atoms with Gasteiger partial charge in [0.05, 0.1) is 5.69 Å². The van der Waals surface area contributed by atoms with Crippen molar-refractivity contribution in [2.45, 2.75) is 5.16 Å². The molecule has 1 aromatic carbocycles. The van der Waals surface area contributed by atoms with Crippen LogP contribution >= 0.6 is 11.8 Å². The number of anilines is 1. The summed E-state index contributed by atoms with van der Waals surface area (Å²) >= 11 is 1.49. The molecule has 3 aromatic rings. The summed E-state index contributed by atoms with van der Waals surface area (Å²) in [5.41, 5.74) is 8.30. The van der Waals surface area contributed by atoms with Crippen molar-refractivity contribution in [1.29, 1.82) is 0 Å². The molecule has 0 spiro atoms. The molecule has 18 heavy (non-hydrogen) atoms. The van der Waals surface area contributed by atoms with Gasteiger partial charge >= 0.3 is 0 Å². The molecule has 0 radical (unpaired) electrons. The van der Waals surface area contributed by atoms with Crippen molar-refractivity contribution in [1.82, 2.24) is 19.6 Å². The Labute approximate surface area is 108 Å². The van der Waals surface area contributed by atoms with E-state index < -0.39 is 0 Å². The molecule has 3 rings (SSSR count).